The van der Waals surface area contributed by atoms with E-state index in [0.717, 1.165) is 25.9 Å². The van der Waals surface area contributed by atoms with Gasteiger partial charge in [0.05, 0.1) is 5.69 Å². The number of carbonyl (C=O) groups is 2. The topological polar surface area (TPSA) is 96.3 Å². The van der Waals surface area contributed by atoms with Gasteiger partial charge in [-0.2, -0.15) is 0 Å². The molecule has 1 fully saturated rings. The van der Waals surface area contributed by atoms with Crippen LogP contribution in [-0.4, -0.2) is 29.9 Å². The van der Waals surface area contributed by atoms with Crippen molar-refractivity contribution in [1.29, 1.82) is 0 Å². The summed E-state index contributed by atoms with van der Waals surface area (Å²) >= 11 is 0. The predicted molar refractivity (Wildman–Crippen MR) is 90.0 cm³/mol. The van der Waals surface area contributed by atoms with Crippen LogP contribution in [0.3, 0.4) is 0 Å². The lowest BCUT2D eigenvalue weighted by Gasteiger charge is -2.21. The maximum Gasteiger partial charge on any atom is 0.277 e. The summed E-state index contributed by atoms with van der Waals surface area (Å²) < 4.78 is 19.1. The van der Waals surface area contributed by atoms with E-state index < -0.39 is 17.6 Å². The molecule has 0 unspecified atom stereocenters. The maximum atomic E-state index is 13.7. The van der Waals surface area contributed by atoms with Crippen LogP contribution in [-0.2, 0) is 4.79 Å². The number of aromatic nitrogens is 1. The normalized spacial score (nSPS) is 15.0. The Morgan fingerprint density at radius 1 is 1.28 bits per heavy atom. The number of piperidine rings is 1. The SMILES string of the molecule is CC(=O)Nc1cc(NC(=O)c2ncoc2C2CCNCC2)ccc1F. The van der Waals surface area contributed by atoms with Gasteiger partial charge in [-0.25, -0.2) is 9.37 Å². The Morgan fingerprint density at radius 3 is 2.76 bits per heavy atom. The Bertz CT molecular complexity index is 784. The molecule has 2 amide bonds. The highest BCUT2D eigenvalue weighted by molar-refractivity contribution is 6.04. The van der Waals surface area contributed by atoms with Gasteiger partial charge in [-0.15, -0.1) is 0 Å². The number of nitrogens with zero attached hydrogens (tertiary/aromatic N) is 1. The molecular formula is C17H19FN4O3. The fourth-order valence-electron chi connectivity index (χ4n) is 2.88. The number of carbonyl (C=O) groups excluding carboxylic acids is 2. The number of rotatable bonds is 4. The molecule has 1 aromatic heterocycles. The minimum absolute atomic E-state index is 0.00373. The molecule has 0 aliphatic carbocycles. The van der Waals surface area contributed by atoms with Crippen LogP contribution in [0.15, 0.2) is 29.0 Å². The minimum Gasteiger partial charge on any atom is -0.447 e. The average Bonchev–Trinajstić information content (AvgIpc) is 3.08. The Kier molecular flexibility index (Phi) is 5.08. The lowest BCUT2D eigenvalue weighted by Crippen LogP contribution is -2.27. The molecule has 0 bridgehead atoms. The highest BCUT2D eigenvalue weighted by Crippen LogP contribution is 2.28. The molecule has 3 rings (SSSR count). The van der Waals surface area contributed by atoms with Crippen molar-refractivity contribution in [1.82, 2.24) is 10.3 Å². The van der Waals surface area contributed by atoms with E-state index in [1.54, 1.807) is 0 Å². The van der Waals surface area contributed by atoms with Crippen molar-refractivity contribution in [2.75, 3.05) is 23.7 Å². The van der Waals surface area contributed by atoms with Gasteiger partial charge in [0, 0.05) is 18.5 Å². The van der Waals surface area contributed by atoms with Crippen molar-refractivity contribution in [3.63, 3.8) is 0 Å². The minimum atomic E-state index is -0.579. The van der Waals surface area contributed by atoms with Crippen LogP contribution in [0, 0.1) is 5.82 Å². The first kappa shape index (κ1) is 17.1. The first-order valence-electron chi connectivity index (χ1n) is 8.07. The molecule has 1 aromatic carbocycles. The monoisotopic (exact) mass is 346 g/mol. The summed E-state index contributed by atoms with van der Waals surface area (Å²) in [5.74, 6) is -0.685. The number of nitrogens with one attached hydrogen (secondary N) is 3. The second-order valence-corrected chi connectivity index (χ2v) is 5.92. The van der Waals surface area contributed by atoms with Crippen molar-refractivity contribution < 1.29 is 18.4 Å². The third-order valence-corrected chi connectivity index (χ3v) is 4.05. The molecule has 1 aliphatic rings. The molecule has 0 atom stereocenters. The number of amides is 2. The zero-order chi connectivity index (χ0) is 17.8. The number of halogens is 1. The molecule has 0 saturated carbocycles. The van der Waals surface area contributed by atoms with Crippen molar-refractivity contribution >= 4 is 23.2 Å². The third kappa shape index (κ3) is 4.03. The Morgan fingerprint density at radius 2 is 2.04 bits per heavy atom. The number of benzene rings is 1. The molecule has 2 aromatic rings. The second kappa shape index (κ2) is 7.43. The Labute approximate surface area is 144 Å². The zero-order valence-electron chi connectivity index (χ0n) is 13.8. The van der Waals surface area contributed by atoms with E-state index >= 15 is 0 Å². The molecular weight excluding hydrogens is 327 g/mol. The smallest absolute Gasteiger partial charge is 0.277 e. The van der Waals surface area contributed by atoms with E-state index in [0.29, 0.717) is 11.4 Å². The van der Waals surface area contributed by atoms with E-state index in [1.807, 2.05) is 0 Å². The lowest BCUT2D eigenvalue weighted by molar-refractivity contribution is -0.114. The largest absolute Gasteiger partial charge is 0.447 e. The second-order valence-electron chi connectivity index (χ2n) is 5.92. The molecule has 0 spiro atoms. The molecule has 8 heteroatoms. The number of hydrogen-bond acceptors (Lipinski definition) is 5. The van der Waals surface area contributed by atoms with E-state index in [9.17, 15) is 14.0 Å². The summed E-state index contributed by atoms with van der Waals surface area (Å²) in [5.41, 5.74) is 0.593. The molecule has 25 heavy (non-hydrogen) atoms. The molecule has 3 N–H and O–H groups in total. The van der Waals surface area contributed by atoms with Crippen LogP contribution in [0.25, 0.3) is 0 Å². The zero-order valence-corrected chi connectivity index (χ0v) is 13.8. The van der Waals surface area contributed by atoms with Crippen LogP contribution in [0.5, 0.6) is 0 Å². The van der Waals surface area contributed by atoms with Gasteiger partial charge in [0.15, 0.2) is 12.1 Å². The van der Waals surface area contributed by atoms with E-state index in [-0.39, 0.29) is 17.3 Å². The van der Waals surface area contributed by atoms with Gasteiger partial charge < -0.3 is 20.4 Å². The van der Waals surface area contributed by atoms with E-state index in [1.165, 1.54) is 31.5 Å². The third-order valence-electron chi connectivity index (χ3n) is 4.05. The van der Waals surface area contributed by atoms with E-state index in [2.05, 4.69) is 20.9 Å². The molecule has 1 saturated heterocycles. The van der Waals surface area contributed by atoms with Gasteiger partial charge in [0.1, 0.15) is 11.6 Å². The van der Waals surface area contributed by atoms with E-state index in [4.69, 9.17) is 4.42 Å². The average molecular weight is 346 g/mol. The first-order valence-corrected chi connectivity index (χ1v) is 8.07. The molecule has 0 radical (unpaired) electrons. The first-order chi connectivity index (χ1) is 12.0. The summed E-state index contributed by atoms with van der Waals surface area (Å²) in [6, 6.07) is 3.96. The van der Waals surface area contributed by atoms with Crippen molar-refractivity contribution in [2.45, 2.75) is 25.7 Å². The maximum absolute atomic E-state index is 13.7. The van der Waals surface area contributed by atoms with Crippen LogP contribution < -0.4 is 16.0 Å². The standard InChI is InChI=1S/C17H19FN4O3/c1-10(23)21-14-8-12(2-3-13(14)18)22-17(24)15-16(25-9-20-15)11-4-6-19-7-5-11/h2-3,8-9,11,19H,4-7H2,1H3,(H,21,23)(H,22,24). The molecule has 1 aliphatic heterocycles. The Hall–Kier alpha value is -2.74. The number of oxazole rings is 1. The summed E-state index contributed by atoms with van der Waals surface area (Å²) in [6.45, 7) is 3.01. The number of hydrogen-bond donors (Lipinski definition) is 3. The summed E-state index contributed by atoms with van der Waals surface area (Å²) in [6.07, 6.45) is 3.01. The summed E-state index contributed by atoms with van der Waals surface area (Å²) in [4.78, 5) is 27.7. The lowest BCUT2D eigenvalue weighted by atomic mass is 9.94. The molecule has 2 heterocycles. The van der Waals surface area contributed by atoms with Crippen LogP contribution in [0.2, 0.25) is 0 Å². The van der Waals surface area contributed by atoms with Crippen molar-refractivity contribution in [3.05, 3.63) is 41.9 Å². The highest BCUT2D eigenvalue weighted by Gasteiger charge is 2.26. The van der Waals surface area contributed by atoms with Crippen molar-refractivity contribution in [3.8, 4) is 0 Å². The predicted octanol–water partition coefficient (Wildman–Crippen LogP) is 2.49. The van der Waals surface area contributed by atoms with Crippen molar-refractivity contribution in [2.24, 2.45) is 0 Å². The van der Waals surface area contributed by atoms with Gasteiger partial charge in [-0.05, 0) is 44.1 Å². The molecule has 7 nitrogen and oxygen atoms in total. The quantitative estimate of drug-likeness (QED) is 0.790. The fourth-order valence-corrected chi connectivity index (χ4v) is 2.88. The van der Waals surface area contributed by atoms with Gasteiger partial charge in [0.2, 0.25) is 5.91 Å². The summed E-state index contributed by atoms with van der Waals surface area (Å²) in [7, 11) is 0. The highest BCUT2D eigenvalue weighted by atomic mass is 19.1. The van der Waals surface area contributed by atoms with Crippen LogP contribution in [0.1, 0.15) is 41.9 Å². The van der Waals surface area contributed by atoms with Gasteiger partial charge in [0.25, 0.3) is 5.91 Å². The Balaban J connectivity index is 1.77. The van der Waals surface area contributed by atoms with Crippen LogP contribution >= 0.6 is 0 Å². The van der Waals surface area contributed by atoms with Crippen LogP contribution in [0.4, 0.5) is 15.8 Å². The van der Waals surface area contributed by atoms with Gasteiger partial charge in [-0.3, -0.25) is 9.59 Å². The number of anilines is 2. The van der Waals surface area contributed by atoms with Gasteiger partial charge in [-0.1, -0.05) is 0 Å². The summed E-state index contributed by atoms with van der Waals surface area (Å²) in [5, 5.41) is 8.31. The molecule has 132 valence electrons. The van der Waals surface area contributed by atoms with Gasteiger partial charge >= 0.3 is 0 Å². The fraction of sp³-hybridized carbons (Fsp3) is 0.353.